The van der Waals surface area contributed by atoms with E-state index >= 15 is 0 Å². The second-order valence-corrected chi connectivity index (χ2v) is 6.11. The molecule has 0 aromatic rings. The molecule has 3 atom stereocenters. The maximum atomic E-state index is 12.0. The van der Waals surface area contributed by atoms with Crippen molar-refractivity contribution in [2.45, 2.75) is 64.3 Å². The molecule has 0 aromatic carbocycles. The fourth-order valence-electron chi connectivity index (χ4n) is 3.24. The van der Waals surface area contributed by atoms with Gasteiger partial charge in [-0.2, -0.15) is 0 Å². The highest BCUT2D eigenvalue weighted by Gasteiger charge is 2.23. The molecule has 3 nitrogen and oxygen atoms in total. The van der Waals surface area contributed by atoms with Crippen molar-refractivity contribution in [3.8, 4) is 0 Å². The molecule has 1 heterocycles. The number of hydrogen-bond acceptors (Lipinski definition) is 1. The van der Waals surface area contributed by atoms with E-state index < -0.39 is 0 Å². The van der Waals surface area contributed by atoms with E-state index in [4.69, 9.17) is 0 Å². The quantitative estimate of drug-likeness (QED) is 0.819. The van der Waals surface area contributed by atoms with Crippen LogP contribution in [0.2, 0.25) is 0 Å². The van der Waals surface area contributed by atoms with Gasteiger partial charge in [-0.05, 0) is 43.9 Å². The third-order valence-corrected chi connectivity index (χ3v) is 4.55. The Balaban J connectivity index is 1.64. The lowest BCUT2D eigenvalue weighted by molar-refractivity contribution is -0.122. The molecule has 1 aliphatic carbocycles. The van der Waals surface area contributed by atoms with Crippen molar-refractivity contribution in [1.82, 2.24) is 10.6 Å². The van der Waals surface area contributed by atoms with Crippen LogP contribution in [0.25, 0.3) is 0 Å². The van der Waals surface area contributed by atoms with Gasteiger partial charge in [0, 0.05) is 25.6 Å². The van der Waals surface area contributed by atoms with E-state index in [0.29, 0.717) is 24.3 Å². The first kappa shape index (κ1) is 13.9. The number of carbonyl (C=O) groups excluding carboxylic acids is 1. The molecular weight excluding hydrogens is 224 g/mol. The van der Waals surface area contributed by atoms with Crippen molar-refractivity contribution in [3.05, 3.63) is 0 Å². The van der Waals surface area contributed by atoms with E-state index in [9.17, 15) is 4.79 Å². The van der Waals surface area contributed by atoms with Crippen LogP contribution in [-0.4, -0.2) is 25.0 Å². The summed E-state index contributed by atoms with van der Waals surface area (Å²) in [5.74, 6) is 1.58. The van der Waals surface area contributed by atoms with Gasteiger partial charge in [-0.15, -0.1) is 0 Å². The maximum Gasteiger partial charge on any atom is 0.220 e. The Bertz CT molecular complexity index is 261. The second-order valence-electron chi connectivity index (χ2n) is 6.11. The molecule has 1 saturated heterocycles. The molecule has 3 unspecified atom stereocenters. The van der Waals surface area contributed by atoms with Crippen molar-refractivity contribution < 1.29 is 4.79 Å². The average molecular weight is 251 g/mol. The molecule has 3 heteroatoms. The van der Waals surface area contributed by atoms with Crippen molar-refractivity contribution in [3.63, 3.8) is 0 Å². The zero-order valence-electron chi connectivity index (χ0n) is 11.7. The standard InChI is InChI=1S/C15H27N2O/c1-12-5-2-3-7-14(12)17-15(18)9-8-13-6-4-10-16-11-13/h12-14H,2-11H2,1H3,(H,17,18). The first-order valence-electron chi connectivity index (χ1n) is 7.68. The van der Waals surface area contributed by atoms with Gasteiger partial charge in [0.25, 0.3) is 0 Å². The van der Waals surface area contributed by atoms with E-state index in [1.807, 2.05) is 0 Å². The predicted molar refractivity (Wildman–Crippen MR) is 73.4 cm³/mol. The van der Waals surface area contributed by atoms with E-state index in [1.165, 1.54) is 38.5 Å². The third kappa shape index (κ3) is 4.27. The molecule has 2 rings (SSSR count). The zero-order chi connectivity index (χ0) is 12.8. The first-order valence-corrected chi connectivity index (χ1v) is 7.68. The fraction of sp³-hybridized carbons (Fsp3) is 0.933. The van der Waals surface area contributed by atoms with Gasteiger partial charge >= 0.3 is 0 Å². The minimum atomic E-state index is 0.263. The van der Waals surface area contributed by atoms with Crippen LogP contribution in [0.4, 0.5) is 0 Å². The summed E-state index contributed by atoms with van der Waals surface area (Å²) < 4.78 is 0. The Labute approximate surface area is 111 Å². The van der Waals surface area contributed by atoms with Crippen LogP contribution in [0.3, 0.4) is 0 Å². The van der Waals surface area contributed by atoms with Gasteiger partial charge in [-0.25, -0.2) is 5.32 Å². The molecule has 0 aromatic heterocycles. The van der Waals surface area contributed by atoms with Crippen molar-refractivity contribution >= 4 is 5.91 Å². The SMILES string of the molecule is CC1CCCCC1NC(=O)CCC1CCC[N]C1. The molecule has 1 saturated carbocycles. The van der Waals surface area contributed by atoms with Crippen LogP contribution in [0.5, 0.6) is 0 Å². The lowest BCUT2D eigenvalue weighted by Gasteiger charge is -2.29. The Morgan fingerprint density at radius 2 is 2.06 bits per heavy atom. The second kappa shape index (κ2) is 7.13. The Kier molecular flexibility index (Phi) is 5.48. The lowest BCUT2D eigenvalue weighted by atomic mass is 9.86. The molecule has 2 fully saturated rings. The summed E-state index contributed by atoms with van der Waals surface area (Å²) in [6.07, 6.45) is 9.24. The number of amides is 1. The highest BCUT2D eigenvalue weighted by atomic mass is 16.1. The largest absolute Gasteiger partial charge is 0.353 e. The summed E-state index contributed by atoms with van der Waals surface area (Å²) in [6, 6.07) is 0.433. The number of nitrogens with zero attached hydrogens (tertiary/aromatic N) is 1. The van der Waals surface area contributed by atoms with E-state index in [-0.39, 0.29) is 5.91 Å². The fourth-order valence-corrected chi connectivity index (χ4v) is 3.24. The Morgan fingerprint density at radius 3 is 2.78 bits per heavy atom. The van der Waals surface area contributed by atoms with Crippen molar-refractivity contribution in [2.75, 3.05) is 13.1 Å². The Morgan fingerprint density at radius 1 is 1.22 bits per heavy atom. The Hall–Kier alpha value is -0.570. The van der Waals surface area contributed by atoms with Crippen LogP contribution in [0.15, 0.2) is 0 Å². The number of hydrogen-bond donors (Lipinski definition) is 1. The van der Waals surface area contributed by atoms with Gasteiger partial charge in [0.05, 0.1) is 0 Å². The zero-order valence-corrected chi connectivity index (χ0v) is 11.7. The van der Waals surface area contributed by atoms with Gasteiger partial charge in [0.2, 0.25) is 5.91 Å². The van der Waals surface area contributed by atoms with E-state index in [2.05, 4.69) is 17.6 Å². The predicted octanol–water partition coefficient (Wildman–Crippen LogP) is 2.48. The minimum Gasteiger partial charge on any atom is -0.353 e. The summed E-state index contributed by atoms with van der Waals surface area (Å²) in [7, 11) is 0. The van der Waals surface area contributed by atoms with Gasteiger partial charge in [0.1, 0.15) is 0 Å². The van der Waals surface area contributed by atoms with Gasteiger partial charge in [-0.1, -0.05) is 19.8 Å². The number of nitrogens with one attached hydrogen (secondary N) is 1. The minimum absolute atomic E-state index is 0.263. The third-order valence-electron chi connectivity index (χ3n) is 4.55. The van der Waals surface area contributed by atoms with Crippen LogP contribution < -0.4 is 10.6 Å². The molecule has 0 spiro atoms. The van der Waals surface area contributed by atoms with Crippen LogP contribution in [0, 0.1) is 11.8 Å². The molecule has 103 valence electrons. The number of piperidine rings is 1. The molecule has 1 amide bonds. The van der Waals surface area contributed by atoms with Crippen LogP contribution in [0.1, 0.15) is 58.3 Å². The summed E-state index contributed by atoms with van der Waals surface area (Å²) >= 11 is 0. The first-order chi connectivity index (χ1) is 8.75. The molecule has 2 aliphatic rings. The van der Waals surface area contributed by atoms with Crippen LogP contribution >= 0.6 is 0 Å². The summed E-state index contributed by atoms with van der Waals surface area (Å²) in [4.78, 5) is 12.0. The number of rotatable bonds is 4. The summed E-state index contributed by atoms with van der Waals surface area (Å²) in [6.45, 7) is 4.28. The topological polar surface area (TPSA) is 43.2 Å². The van der Waals surface area contributed by atoms with Crippen molar-refractivity contribution in [1.29, 1.82) is 0 Å². The number of carbonyl (C=O) groups is 1. The summed E-state index contributed by atoms with van der Waals surface area (Å²) in [5.41, 5.74) is 0. The van der Waals surface area contributed by atoms with E-state index in [0.717, 1.165) is 19.5 Å². The van der Waals surface area contributed by atoms with Gasteiger partial charge in [0.15, 0.2) is 0 Å². The molecule has 1 radical (unpaired) electrons. The monoisotopic (exact) mass is 251 g/mol. The van der Waals surface area contributed by atoms with Gasteiger partial charge < -0.3 is 5.32 Å². The normalized spacial score (nSPS) is 33.1. The van der Waals surface area contributed by atoms with E-state index in [1.54, 1.807) is 0 Å². The highest BCUT2D eigenvalue weighted by molar-refractivity contribution is 5.76. The molecule has 0 bridgehead atoms. The molecular formula is C15H27N2O. The molecule has 1 N–H and O–H groups in total. The lowest BCUT2D eigenvalue weighted by Crippen LogP contribution is -2.41. The van der Waals surface area contributed by atoms with Crippen LogP contribution in [-0.2, 0) is 4.79 Å². The maximum absolute atomic E-state index is 12.0. The average Bonchev–Trinajstić information content (AvgIpc) is 2.40. The van der Waals surface area contributed by atoms with Gasteiger partial charge in [-0.3, -0.25) is 4.79 Å². The summed E-state index contributed by atoms with van der Waals surface area (Å²) in [5, 5.41) is 7.67. The molecule has 1 aliphatic heterocycles. The van der Waals surface area contributed by atoms with Crippen molar-refractivity contribution in [2.24, 2.45) is 11.8 Å². The highest BCUT2D eigenvalue weighted by Crippen LogP contribution is 2.24. The molecule has 18 heavy (non-hydrogen) atoms. The smallest absolute Gasteiger partial charge is 0.220 e.